The number of nitrogens with one attached hydrogen (secondary N) is 1. The summed E-state index contributed by atoms with van der Waals surface area (Å²) in [5.41, 5.74) is 6.62. The van der Waals surface area contributed by atoms with Crippen molar-refractivity contribution in [2.45, 2.75) is 18.9 Å². The van der Waals surface area contributed by atoms with Crippen LogP contribution in [0, 0.1) is 5.92 Å². The van der Waals surface area contributed by atoms with Crippen LogP contribution in [0.4, 0.5) is 10.5 Å². The molecule has 1 fully saturated rings. The number of carbonyl (C=O) groups is 2. The molecular weight excluding hydrogens is 258 g/mol. The molecule has 4 N–H and O–H groups in total. The number of hydrogen-bond acceptors (Lipinski definition) is 3. The minimum Gasteiger partial charge on any atom is -0.481 e. The summed E-state index contributed by atoms with van der Waals surface area (Å²) < 4.78 is 0. The number of nitrogens with zero attached hydrogens (tertiary/aromatic N) is 1. The Morgan fingerprint density at radius 1 is 1.30 bits per heavy atom. The number of benzene rings is 1. The predicted octanol–water partition coefficient (Wildman–Crippen LogP) is 1.34. The summed E-state index contributed by atoms with van der Waals surface area (Å²) in [6, 6.07) is 8.74. The number of likely N-dealkylation sites (tertiary alicyclic amines) is 1. The Bertz CT molecular complexity index is 478. The zero-order chi connectivity index (χ0) is 14.5. The standard InChI is InChI=1S/C14H19N3O3/c15-11-6-10(7-13(18)19)8-17(9-11)14(20)16-12-4-2-1-3-5-12/h1-5,10-11H,6-9,15H2,(H,16,20)(H,18,19). The zero-order valence-electron chi connectivity index (χ0n) is 11.2. The number of carbonyl (C=O) groups excluding carboxylic acids is 1. The molecule has 2 amide bonds. The summed E-state index contributed by atoms with van der Waals surface area (Å²) in [5, 5.41) is 11.6. The lowest BCUT2D eigenvalue weighted by Crippen LogP contribution is -2.51. The quantitative estimate of drug-likeness (QED) is 0.777. The molecule has 1 saturated heterocycles. The summed E-state index contributed by atoms with van der Waals surface area (Å²) in [5.74, 6) is -0.940. The molecule has 1 aliphatic heterocycles. The van der Waals surface area contributed by atoms with Crippen molar-refractivity contribution in [2.75, 3.05) is 18.4 Å². The van der Waals surface area contributed by atoms with Crippen LogP contribution in [-0.4, -0.2) is 41.1 Å². The van der Waals surface area contributed by atoms with E-state index in [2.05, 4.69) is 5.32 Å². The third-order valence-corrected chi connectivity index (χ3v) is 3.35. The van der Waals surface area contributed by atoms with Gasteiger partial charge in [-0.05, 0) is 24.5 Å². The predicted molar refractivity (Wildman–Crippen MR) is 75.4 cm³/mol. The van der Waals surface area contributed by atoms with Gasteiger partial charge >= 0.3 is 12.0 Å². The molecule has 2 rings (SSSR count). The van der Waals surface area contributed by atoms with E-state index in [0.717, 1.165) is 0 Å². The van der Waals surface area contributed by atoms with Gasteiger partial charge in [-0.1, -0.05) is 18.2 Å². The maximum absolute atomic E-state index is 12.2. The van der Waals surface area contributed by atoms with Gasteiger partial charge in [0.2, 0.25) is 0 Å². The molecular formula is C14H19N3O3. The summed E-state index contributed by atoms with van der Waals surface area (Å²) in [6.07, 6.45) is 0.685. The molecule has 0 saturated carbocycles. The van der Waals surface area contributed by atoms with E-state index in [1.54, 1.807) is 17.0 Å². The number of anilines is 1. The van der Waals surface area contributed by atoms with Gasteiger partial charge in [0.1, 0.15) is 0 Å². The zero-order valence-corrected chi connectivity index (χ0v) is 11.2. The third-order valence-electron chi connectivity index (χ3n) is 3.35. The number of hydrogen-bond donors (Lipinski definition) is 3. The van der Waals surface area contributed by atoms with Crippen LogP contribution >= 0.6 is 0 Å². The number of aliphatic carboxylic acids is 1. The molecule has 1 aromatic carbocycles. The first-order chi connectivity index (χ1) is 9.54. The van der Waals surface area contributed by atoms with Gasteiger partial charge in [-0.15, -0.1) is 0 Å². The summed E-state index contributed by atoms with van der Waals surface area (Å²) in [7, 11) is 0. The van der Waals surface area contributed by atoms with Crippen LogP contribution in [0.5, 0.6) is 0 Å². The van der Waals surface area contributed by atoms with Crippen LogP contribution in [0.1, 0.15) is 12.8 Å². The highest BCUT2D eigenvalue weighted by Crippen LogP contribution is 2.20. The smallest absolute Gasteiger partial charge is 0.321 e. The molecule has 0 aliphatic carbocycles. The Kier molecular flexibility index (Phi) is 4.57. The molecule has 1 heterocycles. The van der Waals surface area contributed by atoms with Crippen LogP contribution < -0.4 is 11.1 Å². The van der Waals surface area contributed by atoms with E-state index in [1.807, 2.05) is 18.2 Å². The highest BCUT2D eigenvalue weighted by Gasteiger charge is 2.29. The molecule has 0 aromatic heterocycles. The van der Waals surface area contributed by atoms with E-state index in [9.17, 15) is 9.59 Å². The number of amides is 2. The first-order valence-electron chi connectivity index (χ1n) is 6.63. The number of carboxylic acid groups (broad SMARTS) is 1. The van der Waals surface area contributed by atoms with Crippen LogP contribution in [0.25, 0.3) is 0 Å². The minimum absolute atomic E-state index is 0.0445. The highest BCUT2D eigenvalue weighted by molar-refractivity contribution is 5.89. The van der Waals surface area contributed by atoms with Gasteiger partial charge in [0.15, 0.2) is 0 Å². The Hall–Kier alpha value is -2.08. The van der Waals surface area contributed by atoms with E-state index in [-0.39, 0.29) is 24.4 Å². The Morgan fingerprint density at radius 2 is 2.00 bits per heavy atom. The van der Waals surface area contributed by atoms with Gasteiger partial charge in [-0.2, -0.15) is 0 Å². The van der Waals surface area contributed by atoms with Gasteiger partial charge in [0.05, 0.1) is 0 Å². The minimum atomic E-state index is -0.854. The molecule has 2 atom stereocenters. The fraction of sp³-hybridized carbons (Fsp3) is 0.429. The molecule has 20 heavy (non-hydrogen) atoms. The van der Waals surface area contributed by atoms with E-state index in [1.165, 1.54) is 0 Å². The van der Waals surface area contributed by atoms with Crippen molar-refractivity contribution in [2.24, 2.45) is 11.7 Å². The largest absolute Gasteiger partial charge is 0.481 e. The first kappa shape index (κ1) is 14.3. The van der Waals surface area contributed by atoms with Crippen LogP contribution in [0.2, 0.25) is 0 Å². The summed E-state index contributed by atoms with van der Waals surface area (Å²) >= 11 is 0. The second-order valence-corrected chi connectivity index (χ2v) is 5.16. The van der Waals surface area contributed by atoms with E-state index >= 15 is 0 Å². The van der Waals surface area contributed by atoms with Gasteiger partial charge in [-0.25, -0.2) is 4.79 Å². The number of piperidine rings is 1. The molecule has 1 aliphatic rings. The first-order valence-corrected chi connectivity index (χ1v) is 6.63. The highest BCUT2D eigenvalue weighted by atomic mass is 16.4. The lowest BCUT2D eigenvalue weighted by atomic mass is 9.92. The number of urea groups is 1. The van der Waals surface area contributed by atoms with E-state index in [0.29, 0.717) is 25.2 Å². The SMILES string of the molecule is NC1CC(CC(=O)O)CN(C(=O)Nc2ccccc2)C1. The molecule has 6 heteroatoms. The van der Waals surface area contributed by atoms with Gasteiger partial charge < -0.3 is 21.1 Å². The summed E-state index contributed by atoms with van der Waals surface area (Å²) in [4.78, 5) is 24.5. The van der Waals surface area contributed by atoms with Crippen molar-refractivity contribution < 1.29 is 14.7 Å². The van der Waals surface area contributed by atoms with Crippen molar-refractivity contribution in [1.82, 2.24) is 4.90 Å². The Balaban J connectivity index is 1.96. The maximum Gasteiger partial charge on any atom is 0.321 e. The van der Waals surface area contributed by atoms with Crippen molar-refractivity contribution in [3.8, 4) is 0 Å². The van der Waals surface area contributed by atoms with Gasteiger partial charge in [-0.3, -0.25) is 4.79 Å². The number of para-hydroxylation sites is 1. The third kappa shape index (κ3) is 3.96. The number of rotatable bonds is 3. The maximum atomic E-state index is 12.2. The topological polar surface area (TPSA) is 95.7 Å². The lowest BCUT2D eigenvalue weighted by Gasteiger charge is -2.35. The average molecular weight is 277 g/mol. The Morgan fingerprint density at radius 3 is 2.65 bits per heavy atom. The fourth-order valence-electron chi connectivity index (χ4n) is 2.53. The molecule has 0 bridgehead atoms. The molecule has 2 unspecified atom stereocenters. The molecule has 0 spiro atoms. The number of nitrogens with two attached hydrogens (primary N) is 1. The number of carboxylic acids is 1. The molecule has 1 aromatic rings. The van der Waals surface area contributed by atoms with Crippen LogP contribution in [-0.2, 0) is 4.79 Å². The fourth-order valence-corrected chi connectivity index (χ4v) is 2.53. The van der Waals surface area contributed by atoms with Crippen LogP contribution in [0.15, 0.2) is 30.3 Å². The molecule has 6 nitrogen and oxygen atoms in total. The van der Waals surface area contributed by atoms with E-state index < -0.39 is 5.97 Å². The average Bonchev–Trinajstić information content (AvgIpc) is 2.38. The second-order valence-electron chi connectivity index (χ2n) is 5.16. The Labute approximate surface area is 117 Å². The normalized spacial score (nSPS) is 22.4. The van der Waals surface area contributed by atoms with Gasteiger partial charge in [0.25, 0.3) is 0 Å². The lowest BCUT2D eigenvalue weighted by molar-refractivity contribution is -0.138. The monoisotopic (exact) mass is 277 g/mol. The van der Waals surface area contributed by atoms with Crippen molar-refractivity contribution in [3.63, 3.8) is 0 Å². The molecule has 0 radical (unpaired) electrons. The van der Waals surface area contributed by atoms with Gasteiger partial charge in [0, 0.05) is 31.2 Å². The second kappa shape index (κ2) is 6.38. The van der Waals surface area contributed by atoms with Crippen molar-refractivity contribution in [1.29, 1.82) is 0 Å². The van der Waals surface area contributed by atoms with E-state index in [4.69, 9.17) is 10.8 Å². The van der Waals surface area contributed by atoms with Crippen molar-refractivity contribution in [3.05, 3.63) is 30.3 Å². The van der Waals surface area contributed by atoms with Crippen molar-refractivity contribution >= 4 is 17.7 Å². The van der Waals surface area contributed by atoms with Crippen LogP contribution in [0.3, 0.4) is 0 Å². The summed E-state index contributed by atoms with van der Waals surface area (Å²) in [6.45, 7) is 0.882. The molecule has 108 valence electrons.